The summed E-state index contributed by atoms with van der Waals surface area (Å²) in [5.41, 5.74) is -0.0945. The highest BCUT2D eigenvalue weighted by atomic mass is 16.5. The number of hydrogen-bond donors (Lipinski definition) is 1. The van der Waals surface area contributed by atoms with E-state index in [-0.39, 0.29) is 11.5 Å². The van der Waals surface area contributed by atoms with Gasteiger partial charge >= 0.3 is 5.97 Å². The smallest absolute Gasteiger partial charge is 0.376 e. The lowest BCUT2D eigenvalue weighted by Gasteiger charge is -1.88. The SMILES string of the molecule is COC(=O)c1cc(C(=O)CO)no1. The molecule has 1 aromatic rings. The van der Waals surface area contributed by atoms with Crippen LogP contribution < -0.4 is 0 Å². The highest BCUT2D eigenvalue weighted by Crippen LogP contribution is 2.05. The van der Waals surface area contributed by atoms with Crippen molar-refractivity contribution >= 4 is 11.8 Å². The molecule has 0 fully saturated rings. The van der Waals surface area contributed by atoms with E-state index >= 15 is 0 Å². The minimum atomic E-state index is -0.718. The summed E-state index contributed by atoms with van der Waals surface area (Å²) in [7, 11) is 1.18. The Hall–Kier alpha value is -1.69. The van der Waals surface area contributed by atoms with E-state index < -0.39 is 18.4 Å². The Labute approximate surface area is 73.1 Å². The fourth-order valence-electron chi connectivity index (χ4n) is 0.684. The summed E-state index contributed by atoms with van der Waals surface area (Å²) < 4.78 is 8.80. The number of carbonyl (C=O) groups is 2. The van der Waals surface area contributed by atoms with Crippen LogP contribution in [0.2, 0.25) is 0 Å². The summed E-state index contributed by atoms with van der Waals surface area (Å²) >= 11 is 0. The molecule has 1 aromatic heterocycles. The quantitative estimate of drug-likeness (QED) is 0.510. The molecule has 0 amide bonds. The van der Waals surface area contributed by atoms with Crippen LogP contribution in [0.15, 0.2) is 10.6 Å². The van der Waals surface area contributed by atoms with Crippen molar-refractivity contribution in [3.63, 3.8) is 0 Å². The Morgan fingerprint density at radius 3 is 2.92 bits per heavy atom. The van der Waals surface area contributed by atoms with Gasteiger partial charge in [-0.1, -0.05) is 5.16 Å². The van der Waals surface area contributed by atoms with E-state index in [2.05, 4.69) is 14.4 Å². The molecule has 0 unspecified atom stereocenters. The van der Waals surface area contributed by atoms with E-state index in [1.54, 1.807) is 0 Å². The van der Waals surface area contributed by atoms with Crippen molar-refractivity contribution in [3.8, 4) is 0 Å². The number of rotatable bonds is 3. The number of esters is 1. The van der Waals surface area contributed by atoms with Crippen molar-refractivity contribution in [2.75, 3.05) is 13.7 Å². The normalized spacial score (nSPS) is 9.69. The van der Waals surface area contributed by atoms with Crippen LogP contribution in [-0.2, 0) is 4.74 Å². The fraction of sp³-hybridized carbons (Fsp3) is 0.286. The third-order valence-electron chi connectivity index (χ3n) is 1.33. The number of nitrogens with zero attached hydrogens (tertiary/aromatic N) is 1. The summed E-state index contributed by atoms with van der Waals surface area (Å²) in [4.78, 5) is 21.6. The molecule has 0 aliphatic rings. The number of aliphatic hydroxyl groups excluding tert-OH is 1. The van der Waals surface area contributed by atoms with Gasteiger partial charge in [0.05, 0.1) is 7.11 Å². The van der Waals surface area contributed by atoms with Crippen molar-refractivity contribution in [2.45, 2.75) is 0 Å². The van der Waals surface area contributed by atoms with E-state index in [1.165, 1.54) is 7.11 Å². The van der Waals surface area contributed by atoms with Crippen LogP contribution >= 0.6 is 0 Å². The summed E-state index contributed by atoms with van der Waals surface area (Å²) in [5, 5.41) is 11.7. The van der Waals surface area contributed by atoms with Gasteiger partial charge < -0.3 is 14.4 Å². The van der Waals surface area contributed by atoms with Gasteiger partial charge in [0.25, 0.3) is 0 Å². The van der Waals surface area contributed by atoms with E-state index in [9.17, 15) is 9.59 Å². The van der Waals surface area contributed by atoms with Crippen LogP contribution in [0.25, 0.3) is 0 Å². The largest absolute Gasteiger partial charge is 0.463 e. The van der Waals surface area contributed by atoms with E-state index in [1.807, 2.05) is 0 Å². The highest BCUT2D eigenvalue weighted by molar-refractivity contribution is 5.97. The summed E-state index contributed by atoms with van der Waals surface area (Å²) in [5.74, 6) is -1.50. The van der Waals surface area contributed by atoms with E-state index in [4.69, 9.17) is 5.11 Å². The first-order chi connectivity index (χ1) is 6.19. The van der Waals surface area contributed by atoms with Crippen molar-refractivity contribution in [3.05, 3.63) is 17.5 Å². The number of hydrogen-bond acceptors (Lipinski definition) is 6. The first kappa shape index (κ1) is 9.40. The lowest BCUT2D eigenvalue weighted by molar-refractivity contribution is 0.0554. The topological polar surface area (TPSA) is 89.6 Å². The van der Waals surface area contributed by atoms with Crippen LogP contribution in [0.4, 0.5) is 0 Å². The Kier molecular flexibility index (Phi) is 2.76. The Morgan fingerprint density at radius 1 is 1.69 bits per heavy atom. The molecule has 13 heavy (non-hydrogen) atoms. The molecule has 6 nitrogen and oxygen atoms in total. The molecular weight excluding hydrogens is 178 g/mol. The predicted molar refractivity (Wildman–Crippen MR) is 39.3 cm³/mol. The van der Waals surface area contributed by atoms with Gasteiger partial charge in [-0.25, -0.2) is 4.79 Å². The Morgan fingerprint density at radius 2 is 2.38 bits per heavy atom. The molecule has 70 valence electrons. The summed E-state index contributed by atoms with van der Waals surface area (Å²) in [6.07, 6.45) is 0. The van der Waals surface area contributed by atoms with Crippen molar-refractivity contribution in [1.82, 2.24) is 5.16 Å². The van der Waals surface area contributed by atoms with Gasteiger partial charge in [0, 0.05) is 6.07 Å². The second-order valence-corrected chi connectivity index (χ2v) is 2.15. The maximum absolute atomic E-state index is 10.8. The standard InChI is InChI=1S/C7H7NO5/c1-12-7(11)6-2-4(8-13-6)5(10)3-9/h2,9H,3H2,1H3. The van der Waals surface area contributed by atoms with Crippen LogP contribution in [0.3, 0.4) is 0 Å². The monoisotopic (exact) mass is 185 g/mol. The molecule has 0 saturated carbocycles. The summed E-state index contributed by atoms with van der Waals surface area (Å²) in [6.45, 7) is -0.673. The second kappa shape index (κ2) is 3.81. The zero-order chi connectivity index (χ0) is 9.84. The van der Waals surface area contributed by atoms with Crippen molar-refractivity contribution < 1.29 is 24.0 Å². The van der Waals surface area contributed by atoms with Crippen LogP contribution in [0.5, 0.6) is 0 Å². The molecule has 0 bridgehead atoms. The molecule has 0 aliphatic heterocycles. The van der Waals surface area contributed by atoms with Crippen molar-refractivity contribution in [1.29, 1.82) is 0 Å². The van der Waals surface area contributed by atoms with Gasteiger partial charge in [0.2, 0.25) is 11.5 Å². The first-order valence-corrected chi connectivity index (χ1v) is 3.38. The zero-order valence-electron chi connectivity index (χ0n) is 6.81. The highest BCUT2D eigenvalue weighted by Gasteiger charge is 2.16. The zero-order valence-corrected chi connectivity index (χ0v) is 6.81. The fourth-order valence-corrected chi connectivity index (χ4v) is 0.684. The molecule has 0 atom stereocenters. The third-order valence-corrected chi connectivity index (χ3v) is 1.33. The van der Waals surface area contributed by atoms with Crippen molar-refractivity contribution in [2.24, 2.45) is 0 Å². The van der Waals surface area contributed by atoms with Gasteiger partial charge in [-0.05, 0) is 0 Å². The second-order valence-electron chi connectivity index (χ2n) is 2.15. The minimum absolute atomic E-state index is 0.0945. The van der Waals surface area contributed by atoms with Gasteiger partial charge in [-0.15, -0.1) is 0 Å². The predicted octanol–water partition coefficient (Wildman–Crippen LogP) is -0.364. The molecule has 0 aromatic carbocycles. The van der Waals surface area contributed by atoms with Gasteiger partial charge in [0.15, 0.2) is 5.69 Å². The number of carbonyl (C=O) groups excluding carboxylic acids is 2. The van der Waals surface area contributed by atoms with Gasteiger partial charge in [0.1, 0.15) is 6.61 Å². The van der Waals surface area contributed by atoms with E-state index in [0.29, 0.717) is 0 Å². The van der Waals surface area contributed by atoms with Crippen LogP contribution in [0, 0.1) is 0 Å². The molecule has 0 aliphatic carbocycles. The average Bonchev–Trinajstić information content (AvgIpc) is 2.64. The molecular formula is C7H7NO5. The average molecular weight is 185 g/mol. The maximum atomic E-state index is 10.8. The van der Waals surface area contributed by atoms with E-state index in [0.717, 1.165) is 6.07 Å². The Balaban J connectivity index is 2.86. The molecule has 1 N–H and O–H groups in total. The number of aliphatic hydroxyl groups is 1. The first-order valence-electron chi connectivity index (χ1n) is 3.38. The molecule has 1 heterocycles. The lowest BCUT2D eigenvalue weighted by Crippen LogP contribution is -2.04. The molecule has 0 spiro atoms. The number of methoxy groups -OCH3 is 1. The van der Waals surface area contributed by atoms with Gasteiger partial charge in [-0.2, -0.15) is 0 Å². The van der Waals surface area contributed by atoms with Crippen LogP contribution in [-0.4, -0.2) is 35.7 Å². The molecule has 1 rings (SSSR count). The number of aromatic nitrogens is 1. The van der Waals surface area contributed by atoms with Crippen LogP contribution in [0.1, 0.15) is 21.0 Å². The number of ketones is 1. The molecule has 0 saturated heterocycles. The number of ether oxygens (including phenoxy) is 1. The molecule has 0 radical (unpaired) electrons. The minimum Gasteiger partial charge on any atom is -0.463 e. The Bertz CT molecular complexity index is 299. The lowest BCUT2D eigenvalue weighted by atomic mass is 10.3. The third kappa shape index (κ3) is 1.91. The maximum Gasteiger partial charge on any atom is 0.376 e. The van der Waals surface area contributed by atoms with Gasteiger partial charge in [-0.3, -0.25) is 4.79 Å². The molecule has 6 heteroatoms. The number of Topliss-reactive ketones (excluding diaryl/α,β-unsaturated/α-hetero) is 1. The summed E-state index contributed by atoms with van der Waals surface area (Å²) in [6, 6.07) is 1.12.